The van der Waals surface area contributed by atoms with Gasteiger partial charge in [-0.05, 0) is 23.6 Å². The van der Waals surface area contributed by atoms with Crippen molar-refractivity contribution in [1.82, 2.24) is 0 Å². The summed E-state index contributed by atoms with van der Waals surface area (Å²) in [7, 11) is -1.76. The molecule has 0 N–H and O–H groups in total. The molecule has 2 aromatic carbocycles. The topological polar surface area (TPSA) is 30.2 Å². The molecule has 0 saturated heterocycles. The predicted molar refractivity (Wildman–Crippen MR) is 66.1 cm³/mol. The zero-order valence-corrected chi connectivity index (χ0v) is 9.70. The number of benzene rings is 2. The number of para-hydroxylation sites is 1. The highest BCUT2D eigenvalue weighted by atomic mass is 31.1. The van der Waals surface area contributed by atoms with Gasteiger partial charge in [0, 0.05) is 16.3 Å². The standard InChI is InChI=1S/C13H10O2P/c1-9-5-4-7-11-10-6-2-3-8-12(10)15-16(14)13(9)11/h2-8H,1H3/q+1. The van der Waals surface area contributed by atoms with Gasteiger partial charge in [0.05, 0.1) is 0 Å². The van der Waals surface area contributed by atoms with Gasteiger partial charge >= 0.3 is 7.65 Å². The van der Waals surface area contributed by atoms with Crippen LogP contribution < -0.4 is 0 Å². The Morgan fingerprint density at radius 3 is 2.62 bits per heavy atom. The highest BCUT2D eigenvalue weighted by Gasteiger charge is 2.17. The van der Waals surface area contributed by atoms with Crippen molar-refractivity contribution in [2.75, 3.05) is 0 Å². The molecule has 3 aromatic rings. The summed E-state index contributed by atoms with van der Waals surface area (Å²) in [6, 6.07) is 13.7. The molecule has 0 aliphatic carbocycles. The number of hydrogen-bond acceptors (Lipinski definition) is 2. The molecule has 0 radical (unpaired) electrons. The summed E-state index contributed by atoms with van der Waals surface area (Å²) < 4.78 is 17.4. The molecule has 1 aromatic heterocycles. The number of hydrogen-bond donors (Lipinski definition) is 0. The van der Waals surface area contributed by atoms with Crippen LogP contribution in [0.4, 0.5) is 0 Å². The smallest absolute Gasteiger partial charge is 0.250 e. The Morgan fingerprint density at radius 1 is 1.00 bits per heavy atom. The third-order valence-electron chi connectivity index (χ3n) is 2.78. The van der Waals surface area contributed by atoms with Crippen LogP contribution in [0.1, 0.15) is 5.56 Å². The first kappa shape index (κ1) is 9.56. The van der Waals surface area contributed by atoms with E-state index < -0.39 is 7.65 Å². The Morgan fingerprint density at radius 2 is 1.75 bits per heavy atom. The van der Waals surface area contributed by atoms with Gasteiger partial charge < -0.3 is 0 Å². The Labute approximate surface area is 93.3 Å². The molecule has 0 bridgehead atoms. The molecule has 0 aliphatic rings. The molecule has 2 nitrogen and oxygen atoms in total. The first-order chi connectivity index (χ1) is 7.77. The molecule has 1 heterocycles. The molecule has 0 saturated carbocycles. The molecular weight excluding hydrogens is 219 g/mol. The van der Waals surface area contributed by atoms with Gasteiger partial charge in [0.1, 0.15) is 0 Å². The molecule has 1 unspecified atom stereocenters. The van der Waals surface area contributed by atoms with Crippen molar-refractivity contribution in [3.8, 4) is 0 Å². The lowest BCUT2D eigenvalue weighted by atomic mass is 10.1. The zero-order chi connectivity index (χ0) is 11.1. The fraction of sp³-hybridized carbons (Fsp3) is 0.0769. The molecule has 78 valence electrons. The maximum atomic E-state index is 12.0. The largest absolute Gasteiger partial charge is 0.598 e. The fourth-order valence-electron chi connectivity index (χ4n) is 2.02. The average molecular weight is 229 g/mol. The van der Waals surface area contributed by atoms with Gasteiger partial charge in [-0.15, -0.1) is 0 Å². The van der Waals surface area contributed by atoms with Gasteiger partial charge in [0.2, 0.25) is 5.12 Å². The molecule has 3 rings (SSSR count). The van der Waals surface area contributed by atoms with E-state index in [-0.39, 0.29) is 0 Å². The van der Waals surface area contributed by atoms with E-state index in [0.717, 1.165) is 21.5 Å². The van der Waals surface area contributed by atoms with Crippen LogP contribution in [0.15, 0.2) is 46.7 Å². The second-order valence-electron chi connectivity index (χ2n) is 3.82. The van der Waals surface area contributed by atoms with Crippen LogP contribution in [0, 0.1) is 6.92 Å². The van der Waals surface area contributed by atoms with E-state index in [4.69, 9.17) is 4.20 Å². The van der Waals surface area contributed by atoms with Crippen LogP contribution in [0.5, 0.6) is 0 Å². The maximum absolute atomic E-state index is 12.0. The lowest BCUT2D eigenvalue weighted by Crippen LogP contribution is -1.78. The second kappa shape index (κ2) is 3.43. The summed E-state index contributed by atoms with van der Waals surface area (Å²) in [4.78, 5) is 0. The number of rotatable bonds is 0. The first-order valence-corrected chi connectivity index (χ1v) is 6.29. The Kier molecular flexibility index (Phi) is 2.05. The minimum atomic E-state index is -1.76. The van der Waals surface area contributed by atoms with Gasteiger partial charge in [0.15, 0.2) is 5.58 Å². The fourth-order valence-corrected chi connectivity index (χ4v) is 3.21. The summed E-state index contributed by atoms with van der Waals surface area (Å²) in [5.74, 6) is 0. The number of fused-ring (bicyclic) bond motifs is 3. The molecule has 1 atom stereocenters. The third kappa shape index (κ3) is 1.27. The minimum Gasteiger partial charge on any atom is -0.250 e. The summed E-state index contributed by atoms with van der Waals surface area (Å²) >= 11 is 0. The van der Waals surface area contributed by atoms with Crippen LogP contribution in [0.3, 0.4) is 0 Å². The van der Waals surface area contributed by atoms with Crippen LogP contribution in [0.25, 0.3) is 21.5 Å². The van der Waals surface area contributed by atoms with E-state index in [1.54, 1.807) is 0 Å². The first-order valence-electron chi connectivity index (χ1n) is 5.11. The maximum Gasteiger partial charge on any atom is 0.598 e. The normalized spacial score (nSPS) is 12.2. The van der Waals surface area contributed by atoms with Crippen LogP contribution in [0.2, 0.25) is 0 Å². The average Bonchev–Trinajstić information content (AvgIpc) is 2.29. The van der Waals surface area contributed by atoms with Crippen LogP contribution in [-0.2, 0) is 4.57 Å². The Bertz CT molecular complexity index is 744. The van der Waals surface area contributed by atoms with Crippen molar-refractivity contribution in [2.45, 2.75) is 6.92 Å². The Hall–Kier alpha value is -1.66. The van der Waals surface area contributed by atoms with Crippen molar-refractivity contribution in [3.63, 3.8) is 0 Å². The molecule has 0 amide bonds. The summed E-state index contributed by atoms with van der Waals surface area (Å²) in [6.45, 7) is 1.96. The van der Waals surface area contributed by atoms with Crippen molar-refractivity contribution < 1.29 is 8.76 Å². The van der Waals surface area contributed by atoms with Crippen LogP contribution in [-0.4, -0.2) is 0 Å². The quantitative estimate of drug-likeness (QED) is 0.526. The second-order valence-corrected chi connectivity index (χ2v) is 4.96. The van der Waals surface area contributed by atoms with E-state index in [0.29, 0.717) is 5.58 Å². The van der Waals surface area contributed by atoms with Gasteiger partial charge in [0.25, 0.3) is 0 Å². The predicted octanol–water partition coefficient (Wildman–Crippen LogP) is 4.64. The minimum absolute atomic E-state index is 0.710. The van der Waals surface area contributed by atoms with Crippen LogP contribution >= 0.6 is 7.65 Å². The monoisotopic (exact) mass is 229 g/mol. The van der Waals surface area contributed by atoms with E-state index in [9.17, 15) is 4.57 Å². The zero-order valence-electron chi connectivity index (χ0n) is 8.81. The molecule has 16 heavy (non-hydrogen) atoms. The molecular formula is C13H10O2P+. The van der Waals surface area contributed by atoms with E-state index in [1.165, 1.54) is 0 Å². The van der Waals surface area contributed by atoms with Crippen molar-refractivity contribution >= 4 is 29.1 Å². The van der Waals surface area contributed by atoms with Gasteiger partial charge in [-0.1, -0.05) is 30.3 Å². The summed E-state index contributed by atoms with van der Waals surface area (Å²) in [6.07, 6.45) is 0. The van der Waals surface area contributed by atoms with Gasteiger partial charge in [-0.25, -0.2) is 4.20 Å². The SMILES string of the molecule is Cc1cccc2c3ccccc3o[p+](=O)c12. The van der Waals surface area contributed by atoms with Crippen molar-refractivity contribution in [1.29, 1.82) is 0 Å². The highest BCUT2D eigenvalue weighted by molar-refractivity contribution is 7.37. The lowest BCUT2D eigenvalue weighted by Gasteiger charge is -1.97. The van der Waals surface area contributed by atoms with Gasteiger partial charge in [-0.3, -0.25) is 0 Å². The van der Waals surface area contributed by atoms with E-state index in [2.05, 4.69) is 0 Å². The summed E-state index contributed by atoms with van der Waals surface area (Å²) in [5, 5.41) is 2.88. The van der Waals surface area contributed by atoms with E-state index >= 15 is 0 Å². The lowest BCUT2D eigenvalue weighted by molar-refractivity contribution is 0.563. The third-order valence-corrected chi connectivity index (χ3v) is 4.10. The van der Waals surface area contributed by atoms with E-state index in [1.807, 2.05) is 49.4 Å². The van der Waals surface area contributed by atoms with Crippen molar-refractivity contribution in [2.24, 2.45) is 0 Å². The molecule has 0 fully saturated rings. The summed E-state index contributed by atoms with van der Waals surface area (Å²) in [5.41, 5.74) is 1.73. The van der Waals surface area contributed by atoms with Gasteiger partial charge in [-0.2, -0.15) is 0 Å². The molecule has 0 spiro atoms. The Balaban J connectivity index is 2.71. The molecule has 3 heteroatoms. The molecule has 0 aliphatic heterocycles. The van der Waals surface area contributed by atoms with Crippen molar-refractivity contribution in [3.05, 3.63) is 48.0 Å². The highest BCUT2D eigenvalue weighted by Crippen LogP contribution is 2.36. The number of aryl methyl sites for hydroxylation is 1.